The molecule has 0 aliphatic carbocycles. The van der Waals surface area contributed by atoms with E-state index < -0.39 is 0 Å². The third-order valence-electron chi connectivity index (χ3n) is 3.56. The third-order valence-corrected chi connectivity index (χ3v) is 4.57. The molecular weight excluding hydrogens is 315 g/mol. The number of benzene rings is 1. The first-order valence-electron chi connectivity index (χ1n) is 8.02. The van der Waals surface area contributed by atoms with Gasteiger partial charge in [0.2, 0.25) is 5.91 Å². The van der Waals surface area contributed by atoms with Crippen LogP contribution in [0.5, 0.6) is 0 Å². The normalized spacial score (nSPS) is 19.0. The highest BCUT2D eigenvalue weighted by atomic mass is 32.2. The first-order chi connectivity index (χ1) is 11.0. The zero-order valence-electron chi connectivity index (χ0n) is 13.8. The molecule has 0 spiro atoms. The van der Waals surface area contributed by atoms with Crippen LogP contribution in [-0.4, -0.2) is 55.4 Å². The lowest BCUT2D eigenvalue weighted by molar-refractivity contribution is -0.119. The Kier molecular flexibility index (Phi) is 7.33. The quantitative estimate of drug-likeness (QED) is 0.774. The van der Waals surface area contributed by atoms with Crippen molar-refractivity contribution in [3.05, 3.63) is 30.1 Å². The molecule has 1 N–H and O–H groups in total. The van der Waals surface area contributed by atoms with Crippen molar-refractivity contribution in [2.45, 2.75) is 24.8 Å². The maximum Gasteiger partial charge on any atom is 0.230 e. The minimum absolute atomic E-state index is 0.0242. The molecule has 0 saturated carbocycles. The Bertz CT molecular complexity index is 496. The molecule has 1 amide bonds. The van der Waals surface area contributed by atoms with Crippen LogP contribution in [0, 0.1) is 11.7 Å². The van der Waals surface area contributed by atoms with Crippen LogP contribution in [0.15, 0.2) is 29.2 Å². The maximum absolute atomic E-state index is 12.8. The smallest absolute Gasteiger partial charge is 0.230 e. The molecule has 6 heteroatoms. The van der Waals surface area contributed by atoms with E-state index >= 15 is 0 Å². The molecule has 1 aliphatic rings. The Morgan fingerprint density at radius 2 is 2.17 bits per heavy atom. The van der Waals surface area contributed by atoms with Crippen molar-refractivity contribution < 1.29 is 13.9 Å². The largest absolute Gasteiger partial charge is 0.374 e. The van der Waals surface area contributed by atoms with E-state index in [2.05, 4.69) is 24.1 Å². The summed E-state index contributed by atoms with van der Waals surface area (Å²) >= 11 is 1.40. The van der Waals surface area contributed by atoms with Gasteiger partial charge in [0, 0.05) is 31.1 Å². The summed E-state index contributed by atoms with van der Waals surface area (Å²) in [5, 5.41) is 2.92. The van der Waals surface area contributed by atoms with Crippen molar-refractivity contribution in [2.24, 2.45) is 5.92 Å². The molecule has 0 aromatic heterocycles. The van der Waals surface area contributed by atoms with Gasteiger partial charge in [0.25, 0.3) is 0 Å². The zero-order valence-corrected chi connectivity index (χ0v) is 14.6. The van der Waals surface area contributed by atoms with Gasteiger partial charge in [0.15, 0.2) is 0 Å². The second-order valence-electron chi connectivity index (χ2n) is 6.19. The molecule has 0 radical (unpaired) electrons. The molecular formula is C17H25FN2O2S. The van der Waals surface area contributed by atoms with Crippen molar-refractivity contribution in [1.29, 1.82) is 0 Å². The minimum atomic E-state index is -0.265. The first-order valence-corrected chi connectivity index (χ1v) is 9.00. The highest BCUT2D eigenvalue weighted by Gasteiger charge is 2.21. The number of hydrogen-bond donors (Lipinski definition) is 1. The fraction of sp³-hybridized carbons (Fsp3) is 0.588. The van der Waals surface area contributed by atoms with Gasteiger partial charge in [0.05, 0.1) is 18.5 Å². The molecule has 23 heavy (non-hydrogen) atoms. The van der Waals surface area contributed by atoms with Gasteiger partial charge in [-0.1, -0.05) is 13.8 Å². The summed E-state index contributed by atoms with van der Waals surface area (Å²) in [5.74, 6) is 0.673. The monoisotopic (exact) mass is 340 g/mol. The predicted octanol–water partition coefficient (Wildman–Crippen LogP) is 2.39. The molecule has 1 unspecified atom stereocenters. The minimum Gasteiger partial charge on any atom is -0.374 e. The van der Waals surface area contributed by atoms with E-state index in [0.29, 0.717) is 18.2 Å². The summed E-state index contributed by atoms with van der Waals surface area (Å²) in [6.45, 7) is 8.56. The molecule has 1 aromatic rings. The Morgan fingerprint density at radius 3 is 2.87 bits per heavy atom. The zero-order chi connectivity index (χ0) is 16.7. The standard InChI is InChI=1S/C17H25FN2O2S/c1-13(2)10-20-7-8-22-15(11-20)9-19-17(21)12-23-16-5-3-14(18)4-6-16/h3-6,13,15H,7-12H2,1-2H3,(H,19,21). The van der Waals surface area contributed by atoms with Gasteiger partial charge in [-0.05, 0) is 30.2 Å². The number of nitrogens with zero attached hydrogens (tertiary/aromatic N) is 1. The summed E-state index contributed by atoms with van der Waals surface area (Å²) in [6, 6.07) is 6.17. The molecule has 1 aromatic carbocycles. The number of halogens is 1. The number of carbonyl (C=O) groups excluding carboxylic acids is 1. The van der Waals surface area contributed by atoms with E-state index in [1.54, 1.807) is 12.1 Å². The van der Waals surface area contributed by atoms with Crippen molar-refractivity contribution >= 4 is 17.7 Å². The molecule has 1 heterocycles. The van der Waals surface area contributed by atoms with E-state index in [1.165, 1.54) is 23.9 Å². The third kappa shape index (κ3) is 6.89. The van der Waals surface area contributed by atoms with Crippen molar-refractivity contribution in [3.63, 3.8) is 0 Å². The number of ether oxygens (including phenoxy) is 1. The van der Waals surface area contributed by atoms with Gasteiger partial charge in [-0.15, -0.1) is 11.8 Å². The topological polar surface area (TPSA) is 41.6 Å². The van der Waals surface area contributed by atoms with Gasteiger partial charge in [0.1, 0.15) is 5.82 Å². The first kappa shape index (κ1) is 18.2. The number of hydrogen-bond acceptors (Lipinski definition) is 4. The number of rotatable bonds is 7. The second kappa shape index (κ2) is 9.25. The fourth-order valence-corrected chi connectivity index (χ4v) is 3.27. The predicted molar refractivity (Wildman–Crippen MR) is 91.2 cm³/mol. The van der Waals surface area contributed by atoms with Gasteiger partial charge in [-0.2, -0.15) is 0 Å². The highest BCUT2D eigenvalue weighted by Crippen LogP contribution is 2.17. The lowest BCUT2D eigenvalue weighted by Crippen LogP contribution is -2.48. The van der Waals surface area contributed by atoms with Crippen LogP contribution in [0.1, 0.15) is 13.8 Å². The van der Waals surface area contributed by atoms with Gasteiger partial charge < -0.3 is 10.1 Å². The SMILES string of the molecule is CC(C)CN1CCOC(CNC(=O)CSc2ccc(F)cc2)C1. The van der Waals surface area contributed by atoms with Crippen molar-refractivity contribution in [2.75, 3.05) is 38.5 Å². The Balaban J connectivity index is 1.66. The van der Waals surface area contributed by atoms with E-state index in [1.807, 2.05) is 0 Å². The van der Waals surface area contributed by atoms with Crippen LogP contribution in [0.25, 0.3) is 0 Å². The summed E-state index contributed by atoms with van der Waals surface area (Å²) in [6.07, 6.45) is 0.0577. The van der Waals surface area contributed by atoms with Crippen LogP contribution in [0.3, 0.4) is 0 Å². The van der Waals surface area contributed by atoms with E-state index in [0.717, 1.165) is 31.1 Å². The summed E-state index contributed by atoms with van der Waals surface area (Å²) in [7, 11) is 0. The molecule has 2 rings (SSSR count). The van der Waals surface area contributed by atoms with Crippen molar-refractivity contribution in [1.82, 2.24) is 10.2 Å². The lowest BCUT2D eigenvalue weighted by Gasteiger charge is -2.33. The van der Waals surface area contributed by atoms with Crippen molar-refractivity contribution in [3.8, 4) is 0 Å². The number of carbonyl (C=O) groups is 1. The summed E-state index contributed by atoms with van der Waals surface area (Å²) in [5.41, 5.74) is 0. The van der Waals surface area contributed by atoms with Crippen LogP contribution in [-0.2, 0) is 9.53 Å². The van der Waals surface area contributed by atoms with Crippen LogP contribution in [0.4, 0.5) is 4.39 Å². The molecule has 128 valence electrons. The molecule has 1 fully saturated rings. The van der Waals surface area contributed by atoms with Crippen LogP contribution >= 0.6 is 11.8 Å². The molecule has 1 aliphatic heterocycles. The molecule has 0 bridgehead atoms. The van der Waals surface area contributed by atoms with Gasteiger partial charge >= 0.3 is 0 Å². The highest BCUT2D eigenvalue weighted by molar-refractivity contribution is 8.00. The average Bonchev–Trinajstić information content (AvgIpc) is 2.52. The molecule has 1 saturated heterocycles. The average molecular weight is 340 g/mol. The van der Waals surface area contributed by atoms with Gasteiger partial charge in [-0.3, -0.25) is 9.69 Å². The van der Waals surface area contributed by atoms with E-state index in [-0.39, 0.29) is 17.8 Å². The Hall–Kier alpha value is -1.11. The van der Waals surface area contributed by atoms with Crippen LogP contribution < -0.4 is 5.32 Å². The molecule has 1 atom stereocenters. The number of amides is 1. The van der Waals surface area contributed by atoms with Gasteiger partial charge in [-0.25, -0.2) is 4.39 Å². The second-order valence-corrected chi connectivity index (χ2v) is 7.24. The number of thioether (sulfide) groups is 1. The maximum atomic E-state index is 12.8. The Labute approximate surface area is 141 Å². The van der Waals surface area contributed by atoms with Crippen LogP contribution in [0.2, 0.25) is 0 Å². The summed E-state index contributed by atoms with van der Waals surface area (Å²) < 4.78 is 18.5. The van der Waals surface area contributed by atoms with E-state index in [4.69, 9.17) is 4.74 Å². The summed E-state index contributed by atoms with van der Waals surface area (Å²) in [4.78, 5) is 15.2. The van der Waals surface area contributed by atoms with E-state index in [9.17, 15) is 9.18 Å². The Morgan fingerprint density at radius 1 is 1.43 bits per heavy atom. The molecule has 4 nitrogen and oxygen atoms in total. The number of nitrogens with one attached hydrogen (secondary N) is 1. The number of morpholine rings is 1. The fourth-order valence-electron chi connectivity index (χ4n) is 2.54. The lowest BCUT2D eigenvalue weighted by atomic mass is 10.2.